The average Bonchev–Trinajstić information content (AvgIpc) is 2.75. The summed E-state index contributed by atoms with van der Waals surface area (Å²) in [5.74, 6) is -1.08. The first-order chi connectivity index (χ1) is 9.25. The van der Waals surface area contributed by atoms with Crippen LogP contribution in [0.15, 0.2) is 11.4 Å². The Bertz CT molecular complexity index is 479. The number of anilines is 1. The largest absolute Gasteiger partial charge is 0.478 e. The third kappa shape index (κ3) is 4.50. The van der Waals surface area contributed by atoms with E-state index in [4.69, 9.17) is 10.2 Å². The van der Waals surface area contributed by atoms with Crippen LogP contribution in [0.25, 0.3) is 0 Å². The van der Waals surface area contributed by atoms with Crippen molar-refractivity contribution in [3.8, 4) is 0 Å². The summed E-state index contributed by atoms with van der Waals surface area (Å²) in [5, 5.41) is 25.2. The molecule has 0 spiro atoms. The van der Waals surface area contributed by atoms with Gasteiger partial charge in [-0.2, -0.15) is 0 Å². The zero-order chi connectivity index (χ0) is 15.3. The molecule has 0 bridgehead atoms. The number of carboxylic acid groups (broad SMARTS) is 1. The summed E-state index contributed by atoms with van der Waals surface area (Å²) in [5.41, 5.74) is -0.134. The summed E-state index contributed by atoms with van der Waals surface area (Å²) >= 11 is 1.15. The number of carbonyl (C=O) groups excluding carboxylic acids is 1. The van der Waals surface area contributed by atoms with Gasteiger partial charge in [0.25, 0.3) is 0 Å². The summed E-state index contributed by atoms with van der Waals surface area (Å²) in [6.07, 6.45) is 0.438. The number of thiophene rings is 1. The maximum atomic E-state index is 11.9. The lowest BCUT2D eigenvalue weighted by Gasteiger charge is -2.31. The molecule has 1 rings (SSSR count). The molecule has 112 valence electrons. The molecule has 1 aromatic heterocycles. The van der Waals surface area contributed by atoms with E-state index in [0.717, 1.165) is 11.3 Å². The maximum Gasteiger partial charge on any atom is 0.338 e. The average molecular weight is 300 g/mol. The molecule has 0 fully saturated rings. The second kappa shape index (κ2) is 6.71. The van der Waals surface area contributed by atoms with Crippen molar-refractivity contribution in [3.05, 3.63) is 17.0 Å². The van der Waals surface area contributed by atoms with Crippen molar-refractivity contribution in [1.29, 1.82) is 0 Å². The first-order valence-corrected chi connectivity index (χ1v) is 7.13. The number of aromatic carboxylic acids is 1. The van der Waals surface area contributed by atoms with E-state index < -0.39 is 12.0 Å². The Morgan fingerprint density at radius 3 is 2.55 bits per heavy atom. The van der Waals surface area contributed by atoms with Gasteiger partial charge in [-0.1, -0.05) is 20.8 Å². The quantitative estimate of drug-likeness (QED) is 0.671. The molecule has 0 saturated heterocycles. The molecule has 1 unspecified atom stereocenters. The van der Waals surface area contributed by atoms with Gasteiger partial charge in [0.15, 0.2) is 0 Å². The van der Waals surface area contributed by atoms with Crippen molar-refractivity contribution in [3.63, 3.8) is 0 Å². The molecule has 1 heterocycles. The number of rotatable bonds is 5. The Kier molecular flexibility index (Phi) is 5.52. The molecule has 0 aliphatic carbocycles. The molecule has 0 aromatic carbocycles. The molecule has 2 amide bonds. The van der Waals surface area contributed by atoms with Crippen LogP contribution in [0.2, 0.25) is 0 Å². The maximum absolute atomic E-state index is 11.9. The standard InChI is InChI=1S/C13H20N2O4S/c1-13(2,3)9(4-6-16)14-12(19)15-10-8(11(17)18)5-7-20-10/h5,7,9,16H,4,6H2,1-3H3,(H,17,18)(H2,14,15,19). The molecule has 0 radical (unpaired) electrons. The Hall–Kier alpha value is -1.60. The summed E-state index contributed by atoms with van der Waals surface area (Å²) in [6, 6.07) is 0.765. The topological polar surface area (TPSA) is 98.7 Å². The summed E-state index contributed by atoms with van der Waals surface area (Å²) in [7, 11) is 0. The van der Waals surface area contributed by atoms with Crippen LogP contribution in [0.5, 0.6) is 0 Å². The van der Waals surface area contributed by atoms with E-state index in [1.165, 1.54) is 6.07 Å². The SMILES string of the molecule is CC(C)(C)C(CCO)NC(=O)Nc1sccc1C(=O)O. The normalized spacial score (nSPS) is 12.8. The van der Waals surface area contributed by atoms with Gasteiger partial charge in [-0.15, -0.1) is 11.3 Å². The highest BCUT2D eigenvalue weighted by Gasteiger charge is 2.26. The van der Waals surface area contributed by atoms with E-state index in [1.54, 1.807) is 5.38 Å². The fraction of sp³-hybridized carbons (Fsp3) is 0.538. The first kappa shape index (κ1) is 16.5. The monoisotopic (exact) mass is 300 g/mol. The van der Waals surface area contributed by atoms with Crippen LogP contribution in [-0.4, -0.2) is 34.9 Å². The highest BCUT2D eigenvalue weighted by Crippen LogP contribution is 2.24. The molecular formula is C13H20N2O4S. The number of nitrogens with one attached hydrogen (secondary N) is 2. The van der Waals surface area contributed by atoms with Crippen LogP contribution < -0.4 is 10.6 Å². The lowest BCUT2D eigenvalue weighted by molar-refractivity contribution is 0.0698. The summed E-state index contributed by atoms with van der Waals surface area (Å²) < 4.78 is 0. The number of hydrogen-bond acceptors (Lipinski definition) is 4. The van der Waals surface area contributed by atoms with Gasteiger partial charge >= 0.3 is 12.0 Å². The minimum absolute atomic E-state index is 0.0262. The smallest absolute Gasteiger partial charge is 0.338 e. The van der Waals surface area contributed by atoms with Crippen molar-refractivity contribution >= 4 is 28.3 Å². The van der Waals surface area contributed by atoms with Crippen molar-refractivity contribution in [2.75, 3.05) is 11.9 Å². The van der Waals surface area contributed by atoms with E-state index in [9.17, 15) is 9.59 Å². The van der Waals surface area contributed by atoms with Crippen LogP contribution in [0, 0.1) is 5.41 Å². The minimum Gasteiger partial charge on any atom is -0.478 e. The number of urea groups is 1. The number of carboxylic acids is 1. The number of carbonyl (C=O) groups is 2. The second-order valence-electron chi connectivity index (χ2n) is 5.50. The van der Waals surface area contributed by atoms with E-state index in [1.807, 2.05) is 20.8 Å². The highest BCUT2D eigenvalue weighted by molar-refractivity contribution is 7.14. The van der Waals surface area contributed by atoms with Crippen LogP contribution in [0.4, 0.5) is 9.80 Å². The fourth-order valence-corrected chi connectivity index (χ4v) is 2.50. The molecular weight excluding hydrogens is 280 g/mol. The third-order valence-corrected chi connectivity index (χ3v) is 3.72. The van der Waals surface area contributed by atoms with Gasteiger partial charge in [0.1, 0.15) is 5.00 Å². The molecule has 1 aromatic rings. The fourth-order valence-electron chi connectivity index (χ4n) is 1.72. The summed E-state index contributed by atoms with van der Waals surface area (Å²) in [4.78, 5) is 22.9. The van der Waals surface area contributed by atoms with Gasteiger partial charge in [0.05, 0.1) is 5.56 Å². The van der Waals surface area contributed by atoms with Crippen molar-refractivity contribution < 1.29 is 19.8 Å². The predicted molar refractivity (Wildman–Crippen MR) is 78.4 cm³/mol. The Morgan fingerprint density at radius 1 is 1.40 bits per heavy atom. The van der Waals surface area contributed by atoms with E-state index in [-0.39, 0.29) is 23.6 Å². The zero-order valence-electron chi connectivity index (χ0n) is 11.8. The highest BCUT2D eigenvalue weighted by atomic mass is 32.1. The minimum atomic E-state index is -1.08. The Morgan fingerprint density at radius 2 is 2.05 bits per heavy atom. The molecule has 20 heavy (non-hydrogen) atoms. The van der Waals surface area contributed by atoms with Gasteiger partial charge in [-0.25, -0.2) is 9.59 Å². The number of hydrogen-bond donors (Lipinski definition) is 4. The molecule has 1 atom stereocenters. The van der Waals surface area contributed by atoms with Crippen molar-refractivity contribution in [2.24, 2.45) is 5.41 Å². The predicted octanol–water partition coefficient (Wildman–Crippen LogP) is 2.36. The van der Waals surface area contributed by atoms with Crippen LogP contribution in [-0.2, 0) is 0 Å². The molecule has 7 heteroatoms. The second-order valence-corrected chi connectivity index (χ2v) is 6.41. The molecule has 0 aliphatic heterocycles. The molecule has 0 aliphatic rings. The van der Waals surface area contributed by atoms with Crippen LogP contribution in [0.3, 0.4) is 0 Å². The van der Waals surface area contributed by atoms with Crippen molar-refractivity contribution in [2.45, 2.75) is 33.2 Å². The molecule has 4 N–H and O–H groups in total. The number of amides is 2. The van der Waals surface area contributed by atoms with Crippen LogP contribution in [0.1, 0.15) is 37.6 Å². The summed E-state index contributed by atoms with van der Waals surface area (Å²) in [6.45, 7) is 5.85. The lowest BCUT2D eigenvalue weighted by atomic mass is 9.85. The molecule has 0 saturated carbocycles. The van der Waals surface area contributed by atoms with Crippen LogP contribution >= 0.6 is 11.3 Å². The van der Waals surface area contributed by atoms with E-state index in [2.05, 4.69) is 10.6 Å². The van der Waals surface area contributed by atoms with E-state index >= 15 is 0 Å². The molecule has 6 nitrogen and oxygen atoms in total. The van der Waals surface area contributed by atoms with Gasteiger partial charge in [-0.3, -0.25) is 5.32 Å². The van der Waals surface area contributed by atoms with Gasteiger partial charge in [-0.05, 0) is 23.3 Å². The number of aliphatic hydroxyl groups is 1. The van der Waals surface area contributed by atoms with Gasteiger partial charge in [0, 0.05) is 12.6 Å². The van der Waals surface area contributed by atoms with Gasteiger partial charge < -0.3 is 15.5 Å². The Labute approximate surface area is 121 Å². The van der Waals surface area contributed by atoms with Gasteiger partial charge in [0.2, 0.25) is 0 Å². The Balaban J connectivity index is 2.71. The van der Waals surface area contributed by atoms with Crippen molar-refractivity contribution in [1.82, 2.24) is 5.32 Å². The lowest BCUT2D eigenvalue weighted by Crippen LogP contribution is -2.46. The first-order valence-electron chi connectivity index (χ1n) is 6.25. The third-order valence-electron chi connectivity index (χ3n) is 2.89. The van der Waals surface area contributed by atoms with E-state index in [0.29, 0.717) is 11.4 Å². The zero-order valence-corrected chi connectivity index (χ0v) is 12.6. The number of aliphatic hydroxyl groups excluding tert-OH is 1.